The van der Waals surface area contributed by atoms with Crippen LogP contribution in [0.3, 0.4) is 0 Å². The number of aromatic carboxylic acids is 1. The van der Waals surface area contributed by atoms with Crippen LogP contribution < -0.4 is 5.32 Å². The number of hydrogen-bond acceptors (Lipinski definition) is 5. The molecule has 104 valence electrons. The molecule has 2 heterocycles. The Hall–Kier alpha value is -1.47. The minimum Gasteiger partial charge on any atom is -0.478 e. The zero-order valence-corrected chi connectivity index (χ0v) is 12.9. The van der Waals surface area contributed by atoms with Gasteiger partial charge in [0.1, 0.15) is 11.4 Å². The number of halogens is 1. The highest BCUT2D eigenvalue weighted by atomic mass is 79.9. The van der Waals surface area contributed by atoms with Crippen LogP contribution in [0.1, 0.15) is 33.8 Å². The van der Waals surface area contributed by atoms with Crippen LogP contribution in [0.15, 0.2) is 16.7 Å². The fourth-order valence-corrected chi connectivity index (χ4v) is 3.59. The SMILES string of the molecule is O=C(O)c1cc(Br)cnc1Nc1nc2c(s1)CCCC2. The molecule has 2 aromatic rings. The highest BCUT2D eigenvalue weighted by Crippen LogP contribution is 2.31. The predicted molar refractivity (Wildman–Crippen MR) is 80.9 cm³/mol. The Bertz CT molecular complexity index is 648. The van der Waals surface area contributed by atoms with Crippen molar-refractivity contribution in [2.24, 2.45) is 0 Å². The molecule has 0 bridgehead atoms. The normalized spacial score (nSPS) is 13.8. The van der Waals surface area contributed by atoms with Crippen molar-refractivity contribution >= 4 is 44.2 Å². The van der Waals surface area contributed by atoms with E-state index >= 15 is 0 Å². The monoisotopic (exact) mass is 353 g/mol. The van der Waals surface area contributed by atoms with E-state index in [1.54, 1.807) is 17.5 Å². The first-order valence-corrected chi connectivity index (χ1v) is 7.89. The van der Waals surface area contributed by atoms with Crippen molar-refractivity contribution in [2.75, 3.05) is 5.32 Å². The van der Waals surface area contributed by atoms with E-state index in [9.17, 15) is 9.90 Å². The van der Waals surface area contributed by atoms with Gasteiger partial charge >= 0.3 is 5.97 Å². The third kappa shape index (κ3) is 2.69. The van der Waals surface area contributed by atoms with Crippen molar-refractivity contribution in [3.8, 4) is 0 Å². The maximum atomic E-state index is 11.2. The molecule has 1 aliphatic carbocycles. The number of rotatable bonds is 3. The Morgan fingerprint density at radius 3 is 2.95 bits per heavy atom. The number of nitrogens with zero attached hydrogens (tertiary/aromatic N) is 2. The Morgan fingerprint density at radius 1 is 1.40 bits per heavy atom. The number of thiazole rings is 1. The topological polar surface area (TPSA) is 75.1 Å². The van der Waals surface area contributed by atoms with Crippen LogP contribution in [-0.4, -0.2) is 21.0 Å². The molecular weight excluding hydrogens is 342 g/mol. The Labute approximate surface area is 128 Å². The van der Waals surface area contributed by atoms with E-state index in [1.807, 2.05) is 0 Å². The van der Waals surface area contributed by atoms with Crippen molar-refractivity contribution in [1.29, 1.82) is 0 Å². The molecular formula is C13H12BrN3O2S. The largest absolute Gasteiger partial charge is 0.478 e. The van der Waals surface area contributed by atoms with Gasteiger partial charge in [0.25, 0.3) is 0 Å². The van der Waals surface area contributed by atoms with Crippen molar-refractivity contribution in [1.82, 2.24) is 9.97 Å². The lowest BCUT2D eigenvalue weighted by Gasteiger charge is -2.06. The number of carboxylic acid groups (broad SMARTS) is 1. The molecule has 0 aromatic carbocycles. The van der Waals surface area contributed by atoms with Crippen LogP contribution in [0.2, 0.25) is 0 Å². The first kappa shape index (κ1) is 13.5. The third-order valence-corrected chi connectivity index (χ3v) is 4.66. The number of aromatic nitrogens is 2. The summed E-state index contributed by atoms with van der Waals surface area (Å²) >= 11 is 4.82. The number of carbonyl (C=O) groups is 1. The molecule has 0 unspecified atom stereocenters. The van der Waals surface area contributed by atoms with Gasteiger partial charge in [-0.1, -0.05) is 0 Å². The quantitative estimate of drug-likeness (QED) is 0.881. The molecule has 0 saturated carbocycles. The van der Waals surface area contributed by atoms with Gasteiger partial charge in [-0.15, -0.1) is 11.3 Å². The number of fused-ring (bicyclic) bond motifs is 1. The average Bonchev–Trinajstić information content (AvgIpc) is 2.82. The molecule has 2 N–H and O–H groups in total. The Kier molecular flexibility index (Phi) is 3.71. The second-order valence-electron chi connectivity index (χ2n) is 4.58. The van der Waals surface area contributed by atoms with Crippen molar-refractivity contribution in [3.63, 3.8) is 0 Å². The van der Waals surface area contributed by atoms with E-state index in [2.05, 4.69) is 31.2 Å². The Morgan fingerprint density at radius 2 is 2.20 bits per heavy atom. The first-order chi connectivity index (χ1) is 9.63. The number of anilines is 2. The van der Waals surface area contributed by atoms with E-state index in [1.165, 1.54) is 23.8 Å². The zero-order chi connectivity index (χ0) is 14.1. The van der Waals surface area contributed by atoms with E-state index in [0.717, 1.165) is 18.5 Å². The van der Waals surface area contributed by atoms with Gasteiger partial charge in [-0.25, -0.2) is 14.8 Å². The molecule has 0 atom stereocenters. The smallest absolute Gasteiger partial charge is 0.339 e. The molecule has 0 amide bonds. The molecule has 0 spiro atoms. The maximum absolute atomic E-state index is 11.2. The summed E-state index contributed by atoms with van der Waals surface area (Å²) in [5.74, 6) is -0.686. The molecule has 0 saturated heterocycles. The maximum Gasteiger partial charge on any atom is 0.339 e. The van der Waals surface area contributed by atoms with Crippen molar-refractivity contribution < 1.29 is 9.90 Å². The van der Waals surface area contributed by atoms with Crippen LogP contribution >= 0.6 is 27.3 Å². The lowest BCUT2D eigenvalue weighted by atomic mass is 10.0. The van der Waals surface area contributed by atoms with E-state index in [0.29, 0.717) is 15.4 Å². The van der Waals surface area contributed by atoms with Gasteiger partial charge in [-0.2, -0.15) is 0 Å². The van der Waals surface area contributed by atoms with Crippen LogP contribution in [0.5, 0.6) is 0 Å². The fourth-order valence-electron chi connectivity index (χ4n) is 2.21. The average molecular weight is 354 g/mol. The zero-order valence-electron chi connectivity index (χ0n) is 10.5. The van der Waals surface area contributed by atoms with Crippen LogP contribution in [0, 0.1) is 0 Å². The summed E-state index contributed by atoms with van der Waals surface area (Å²) in [7, 11) is 0. The van der Waals surface area contributed by atoms with Gasteiger partial charge in [0, 0.05) is 15.5 Å². The summed E-state index contributed by atoms with van der Waals surface area (Å²) in [5.41, 5.74) is 1.27. The fraction of sp³-hybridized carbons (Fsp3) is 0.308. The minimum absolute atomic E-state index is 0.132. The van der Waals surface area contributed by atoms with E-state index in [-0.39, 0.29) is 5.56 Å². The number of pyridine rings is 1. The van der Waals surface area contributed by atoms with Crippen LogP contribution in [0.4, 0.5) is 10.9 Å². The number of carboxylic acids is 1. The molecule has 7 heteroatoms. The summed E-state index contributed by atoms with van der Waals surface area (Å²) in [6, 6.07) is 1.53. The van der Waals surface area contributed by atoms with Gasteiger partial charge in [0.15, 0.2) is 5.13 Å². The molecule has 1 aliphatic rings. The lowest BCUT2D eigenvalue weighted by Crippen LogP contribution is -2.05. The van der Waals surface area contributed by atoms with Gasteiger partial charge in [-0.3, -0.25) is 0 Å². The predicted octanol–water partition coefficient (Wildman–Crippen LogP) is 3.62. The van der Waals surface area contributed by atoms with Crippen LogP contribution in [0.25, 0.3) is 0 Å². The highest BCUT2D eigenvalue weighted by molar-refractivity contribution is 9.10. The van der Waals surface area contributed by atoms with Gasteiger partial charge < -0.3 is 10.4 Å². The second-order valence-corrected chi connectivity index (χ2v) is 6.58. The summed E-state index contributed by atoms with van der Waals surface area (Å²) in [6.45, 7) is 0. The molecule has 2 aromatic heterocycles. The molecule has 0 fully saturated rings. The number of aryl methyl sites for hydroxylation is 2. The lowest BCUT2D eigenvalue weighted by molar-refractivity contribution is 0.0697. The molecule has 0 aliphatic heterocycles. The van der Waals surface area contributed by atoms with E-state index in [4.69, 9.17) is 0 Å². The second kappa shape index (κ2) is 5.49. The summed E-state index contributed by atoms with van der Waals surface area (Å²) < 4.78 is 0.638. The van der Waals surface area contributed by atoms with Crippen molar-refractivity contribution in [2.45, 2.75) is 25.7 Å². The van der Waals surface area contributed by atoms with Crippen LogP contribution in [-0.2, 0) is 12.8 Å². The minimum atomic E-state index is -1.01. The van der Waals surface area contributed by atoms with Crippen molar-refractivity contribution in [3.05, 3.63) is 32.9 Å². The Balaban J connectivity index is 1.91. The molecule has 3 rings (SSSR count). The summed E-state index contributed by atoms with van der Waals surface area (Å²) in [6.07, 6.45) is 6.02. The number of nitrogens with one attached hydrogen (secondary N) is 1. The molecule has 5 nitrogen and oxygen atoms in total. The van der Waals surface area contributed by atoms with Gasteiger partial charge in [0.2, 0.25) is 0 Å². The highest BCUT2D eigenvalue weighted by Gasteiger charge is 2.17. The van der Waals surface area contributed by atoms with Gasteiger partial charge in [0.05, 0.1) is 5.69 Å². The third-order valence-electron chi connectivity index (χ3n) is 3.16. The summed E-state index contributed by atoms with van der Waals surface area (Å²) in [5, 5.41) is 13.0. The summed E-state index contributed by atoms with van der Waals surface area (Å²) in [4.78, 5) is 21.2. The molecule has 0 radical (unpaired) electrons. The standard InChI is InChI=1S/C13H12BrN3O2S/c14-7-5-8(12(18)19)11(15-6-7)17-13-16-9-3-1-2-4-10(9)20-13/h5-6H,1-4H2,(H,18,19)(H,15,16,17). The number of hydrogen-bond donors (Lipinski definition) is 2. The molecule has 20 heavy (non-hydrogen) atoms. The van der Waals surface area contributed by atoms with E-state index < -0.39 is 5.97 Å². The van der Waals surface area contributed by atoms with Gasteiger partial charge in [-0.05, 0) is 47.7 Å². The first-order valence-electron chi connectivity index (χ1n) is 6.28.